The van der Waals surface area contributed by atoms with Crippen molar-refractivity contribution in [1.82, 2.24) is 0 Å². The van der Waals surface area contributed by atoms with E-state index in [0.717, 1.165) is 38.5 Å². The Labute approximate surface area is 106 Å². The number of allylic oxidation sites excluding steroid dienone is 2. The molecule has 0 aliphatic heterocycles. The Bertz CT molecular complexity index is 199. The lowest BCUT2D eigenvalue weighted by Gasteiger charge is -2.35. The normalized spacial score (nSPS) is 15.3. The molecule has 0 aliphatic rings. The molecule has 2 nitrogen and oxygen atoms in total. The summed E-state index contributed by atoms with van der Waals surface area (Å²) >= 11 is 0. The van der Waals surface area contributed by atoms with Crippen molar-refractivity contribution in [1.29, 1.82) is 0 Å². The average Bonchev–Trinajstić information content (AvgIpc) is 2.29. The summed E-state index contributed by atoms with van der Waals surface area (Å²) in [6, 6.07) is 0. The molecule has 0 heterocycles. The van der Waals surface area contributed by atoms with Crippen LogP contribution in [0, 0.1) is 5.41 Å². The molecule has 0 aromatic carbocycles. The number of unbranched alkanes of at least 4 members (excludes halogenated alkanes) is 2. The van der Waals surface area contributed by atoms with Crippen molar-refractivity contribution in [3.63, 3.8) is 0 Å². The molecule has 2 atom stereocenters. The highest BCUT2D eigenvalue weighted by Gasteiger charge is 2.34. The molecule has 2 unspecified atom stereocenters. The number of rotatable bonds is 10. The molecule has 0 spiro atoms. The highest BCUT2D eigenvalue weighted by Crippen LogP contribution is 2.31. The first-order valence-electron chi connectivity index (χ1n) is 6.54. The number of aliphatic hydroxyl groups excluding tert-OH is 2. The first-order valence-corrected chi connectivity index (χ1v) is 6.54. The summed E-state index contributed by atoms with van der Waals surface area (Å²) in [5.74, 6) is 0. The van der Waals surface area contributed by atoms with Crippen LogP contribution in [0.1, 0.15) is 52.4 Å². The standard InChI is InChI=1S/C15H28O2/c1-5-7-9-11-13(16)15(3,4)14(17)12-10-8-6-2/h5-6,13-14,16-17H,1-2,7-12H2,3-4H3. The van der Waals surface area contributed by atoms with Gasteiger partial charge in [-0.25, -0.2) is 0 Å². The van der Waals surface area contributed by atoms with Crippen molar-refractivity contribution in [3.05, 3.63) is 25.3 Å². The second-order valence-corrected chi connectivity index (χ2v) is 5.29. The van der Waals surface area contributed by atoms with Crippen LogP contribution < -0.4 is 0 Å². The molecular formula is C15H28O2. The van der Waals surface area contributed by atoms with Gasteiger partial charge in [-0.2, -0.15) is 0 Å². The van der Waals surface area contributed by atoms with Crippen LogP contribution in [0.3, 0.4) is 0 Å². The molecule has 0 aliphatic carbocycles. The Balaban J connectivity index is 4.11. The van der Waals surface area contributed by atoms with Crippen LogP contribution in [0.15, 0.2) is 25.3 Å². The van der Waals surface area contributed by atoms with Gasteiger partial charge in [0.15, 0.2) is 0 Å². The molecule has 0 saturated carbocycles. The summed E-state index contributed by atoms with van der Waals surface area (Å²) in [5, 5.41) is 20.2. The van der Waals surface area contributed by atoms with Crippen LogP contribution in [-0.2, 0) is 0 Å². The van der Waals surface area contributed by atoms with Crippen LogP contribution in [-0.4, -0.2) is 22.4 Å². The van der Waals surface area contributed by atoms with E-state index in [0.29, 0.717) is 0 Å². The van der Waals surface area contributed by atoms with E-state index >= 15 is 0 Å². The van der Waals surface area contributed by atoms with E-state index in [2.05, 4.69) is 13.2 Å². The molecule has 2 N–H and O–H groups in total. The predicted molar refractivity (Wildman–Crippen MR) is 73.9 cm³/mol. The van der Waals surface area contributed by atoms with Crippen molar-refractivity contribution in [2.24, 2.45) is 5.41 Å². The zero-order valence-electron chi connectivity index (χ0n) is 11.4. The molecule has 0 radical (unpaired) electrons. The number of hydrogen-bond acceptors (Lipinski definition) is 2. The maximum absolute atomic E-state index is 10.1. The molecule has 0 amide bonds. The Morgan fingerprint density at radius 1 is 0.941 bits per heavy atom. The quantitative estimate of drug-likeness (QED) is 0.453. The molecule has 100 valence electrons. The van der Waals surface area contributed by atoms with E-state index in [1.165, 1.54) is 0 Å². The summed E-state index contributed by atoms with van der Waals surface area (Å²) in [7, 11) is 0. The second kappa shape index (κ2) is 8.48. The molecule has 0 aromatic rings. The molecule has 0 saturated heterocycles. The third-order valence-corrected chi connectivity index (χ3v) is 3.49. The number of aliphatic hydroxyl groups is 2. The van der Waals surface area contributed by atoms with Crippen molar-refractivity contribution in [3.8, 4) is 0 Å². The van der Waals surface area contributed by atoms with Gasteiger partial charge >= 0.3 is 0 Å². The van der Waals surface area contributed by atoms with Gasteiger partial charge in [-0.05, 0) is 38.5 Å². The highest BCUT2D eigenvalue weighted by atomic mass is 16.3. The molecular weight excluding hydrogens is 212 g/mol. The zero-order valence-corrected chi connectivity index (χ0v) is 11.4. The molecule has 0 rings (SSSR count). The van der Waals surface area contributed by atoms with Gasteiger partial charge in [-0.15, -0.1) is 13.2 Å². The summed E-state index contributed by atoms with van der Waals surface area (Å²) < 4.78 is 0. The van der Waals surface area contributed by atoms with Gasteiger partial charge in [0, 0.05) is 5.41 Å². The molecule has 0 aromatic heterocycles. The van der Waals surface area contributed by atoms with Gasteiger partial charge in [-0.3, -0.25) is 0 Å². The minimum atomic E-state index is -0.457. The largest absolute Gasteiger partial charge is 0.392 e. The maximum Gasteiger partial charge on any atom is 0.0615 e. The lowest BCUT2D eigenvalue weighted by atomic mass is 9.77. The Morgan fingerprint density at radius 3 is 1.59 bits per heavy atom. The second-order valence-electron chi connectivity index (χ2n) is 5.29. The van der Waals surface area contributed by atoms with Crippen LogP contribution in [0.2, 0.25) is 0 Å². The fourth-order valence-electron chi connectivity index (χ4n) is 1.88. The first kappa shape index (κ1) is 16.4. The van der Waals surface area contributed by atoms with Gasteiger partial charge in [-0.1, -0.05) is 26.0 Å². The van der Waals surface area contributed by atoms with Gasteiger partial charge in [0.05, 0.1) is 12.2 Å². The summed E-state index contributed by atoms with van der Waals surface area (Å²) in [6.07, 6.45) is 7.93. The van der Waals surface area contributed by atoms with E-state index in [9.17, 15) is 10.2 Å². The third kappa shape index (κ3) is 6.04. The Hall–Kier alpha value is -0.600. The van der Waals surface area contributed by atoms with E-state index in [4.69, 9.17) is 0 Å². The van der Waals surface area contributed by atoms with Crippen molar-refractivity contribution in [2.75, 3.05) is 0 Å². The lowest BCUT2D eigenvalue weighted by Crippen LogP contribution is -2.40. The molecule has 0 bridgehead atoms. The summed E-state index contributed by atoms with van der Waals surface area (Å²) in [4.78, 5) is 0. The van der Waals surface area contributed by atoms with Gasteiger partial charge in [0.2, 0.25) is 0 Å². The molecule has 2 heteroatoms. The molecule has 0 fully saturated rings. The minimum Gasteiger partial charge on any atom is -0.392 e. The first-order chi connectivity index (χ1) is 7.96. The lowest BCUT2D eigenvalue weighted by molar-refractivity contribution is -0.0549. The van der Waals surface area contributed by atoms with Crippen LogP contribution >= 0.6 is 0 Å². The third-order valence-electron chi connectivity index (χ3n) is 3.49. The van der Waals surface area contributed by atoms with Crippen molar-refractivity contribution < 1.29 is 10.2 Å². The Kier molecular flexibility index (Phi) is 8.19. The fourth-order valence-corrected chi connectivity index (χ4v) is 1.88. The van der Waals surface area contributed by atoms with E-state index in [1.54, 1.807) is 0 Å². The van der Waals surface area contributed by atoms with Gasteiger partial charge in [0.1, 0.15) is 0 Å². The summed E-state index contributed by atoms with van der Waals surface area (Å²) in [5.41, 5.74) is -0.442. The predicted octanol–water partition coefficient (Wildman–Crippen LogP) is 3.45. The van der Waals surface area contributed by atoms with Gasteiger partial charge in [0.25, 0.3) is 0 Å². The highest BCUT2D eigenvalue weighted by molar-refractivity contribution is 4.86. The smallest absolute Gasteiger partial charge is 0.0615 e. The fraction of sp³-hybridized carbons (Fsp3) is 0.733. The average molecular weight is 240 g/mol. The van der Waals surface area contributed by atoms with Crippen LogP contribution in [0.4, 0.5) is 0 Å². The SMILES string of the molecule is C=CCCCC(O)C(C)(C)C(O)CCCC=C. The van der Waals surface area contributed by atoms with Crippen LogP contribution in [0.25, 0.3) is 0 Å². The summed E-state index contributed by atoms with van der Waals surface area (Å²) in [6.45, 7) is 11.2. The molecule has 17 heavy (non-hydrogen) atoms. The minimum absolute atomic E-state index is 0.442. The van der Waals surface area contributed by atoms with Crippen molar-refractivity contribution in [2.45, 2.75) is 64.6 Å². The van der Waals surface area contributed by atoms with Gasteiger partial charge < -0.3 is 10.2 Å². The zero-order chi connectivity index (χ0) is 13.3. The van der Waals surface area contributed by atoms with Crippen LogP contribution in [0.5, 0.6) is 0 Å². The maximum atomic E-state index is 10.1. The Morgan fingerprint density at radius 2 is 1.29 bits per heavy atom. The van der Waals surface area contributed by atoms with Crippen molar-refractivity contribution >= 4 is 0 Å². The number of hydrogen-bond donors (Lipinski definition) is 2. The topological polar surface area (TPSA) is 40.5 Å². The van der Waals surface area contributed by atoms with E-state index in [-0.39, 0.29) is 0 Å². The monoisotopic (exact) mass is 240 g/mol. The van der Waals surface area contributed by atoms with E-state index in [1.807, 2.05) is 26.0 Å². The van der Waals surface area contributed by atoms with E-state index < -0.39 is 17.6 Å².